The fourth-order valence-electron chi connectivity index (χ4n) is 2.06. The molecular formula is C15H12N2O. The van der Waals surface area contributed by atoms with E-state index in [4.69, 9.17) is 0 Å². The molecule has 0 saturated carbocycles. The lowest BCUT2D eigenvalue weighted by molar-refractivity contribution is 0.771. The van der Waals surface area contributed by atoms with Crippen LogP contribution in [0.3, 0.4) is 0 Å². The van der Waals surface area contributed by atoms with Crippen molar-refractivity contribution < 1.29 is 0 Å². The van der Waals surface area contributed by atoms with Gasteiger partial charge in [-0.1, -0.05) is 24.3 Å². The Hall–Kier alpha value is -2.42. The summed E-state index contributed by atoms with van der Waals surface area (Å²) in [6, 6.07) is 17.1. The summed E-state index contributed by atoms with van der Waals surface area (Å²) in [5.74, 6) is 0. The van der Waals surface area contributed by atoms with Crippen LogP contribution in [0.15, 0.2) is 65.6 Å². The summed E-state index contributed by atoms with van der Waals surface area (Å²) < 4.78 is 1.75. The number of aromatic nitrogens is 2. The number of nitrogens with zero attached hydrogens (tertiary/aromatic N) is 2. The third kappa shape index (κ3) is 1.91. The smallest absolute Gasteiger partial charge is 0.251 e. The highest BCUT2D eigenvalue weighted by Crippen LogP contribution is 2.11. The summed E-state index contributed by atoms with van der Waals surface area (Å²) >= 11 is 0. The Kier molecular flexibility index (Phi) is 2.65. The Morgan fingerprint density at radius 2 is 1.78 bits per heavy atom. The van der Waals surface area contributed by atoms with E-state index in [1.54, 1.807) is 16.8 Å². The number of fused-ring (bicyclic) bond motifs is 1. The van der Waals surface area contributed by atoms with Crippen LogP contribution >= 0.6 is 0 Å². The second-order valence-electron chi connectivity index (χ2n) is 4.14. The summed E-state index contributed by atoms with van der Waals surface area (Å²) in [5, 5.41) is 1.06. The second-order valence-corrected chi connectivity index (χ2v) is 4.14. The minimum atomic E-state index is -0.000599. The van der Waals surface area contributed by atoms with Gasteiger partial charge in [0.1, 0.15) is 0 Å². The molecule has 0 amide bonds. The molecule has 0 aliphatic heterocycles. The van der Waals surface area contributed by atoms with Crippen molar-refractivity contribution in [2.75, 3.05) is 0 Å². The van der Waals surface area contributed by atoms with Gasteiger partial charge in [0.25, 0.3) is 5.56 Å². The molecule has 0 fully saturated rings. The van der Waals surface area contributed by atoms with Crippen LogP contribution in [0.2, 0.25) is 0 Å². The van der Waals surface area contributed by atoms with Gasteiger partial charge < -0.3 is 4.57 Å². The zero-order chi connectivity index (χ0) is 12.4. The number of para-hydroxylation sites is 1. The van der Waals surface area contributed by atoms with Crippen molar-refractivity contribution in [3.05, 3.63) is 76.8 Å². The van der Waals surface area contributed by atoms with E-state index in [1.807, 2.05) is 48.5 Å². The van der Waals surface area contributed by atoms with Gasteiger partial charge in [-0.2, -0.15) is 0 Å². The summed E-state index contributed by atoms with van der Waals surface area (Å²) in [7, 11) is 0. The topological polar surface area (TPSA) is 34.9 Å². The fraction of sp³-hybridized carbons (Fsp3) is 0.0667. The Morgan fingerprint density at radius 1 is 0.944 bits per heavy atom. The zero-order valence-electron chi connectivity index (χ0n) is 9.78. The average molecular weight is 236 g/mol. The minimum Gasteiger partial charge on any atom is -0.302 e. The highest BCUT2D eigenvalue weighted by atomic mass is 16.1. The first-order chi connectivity index (χ1) is 8.84. The van der Waals surface area contributed by atoms with Crippen LogP contribution in [-0.4, -0.2) is 9.55 Å². The van der Waals surface area contributed by atoms with Gasteiger partial charge in [-0.3, -0.25) is 9.78 Å². The molecule has 0 unspecified atom stereocenters. The van der Waals surface area contributed by atoms with Crippen LogP contribution in [0.4, 0.5) is 0 Å². The quantitative estimate of drug-likeness (QED) is 0.685. The van der Waals surface area contributed by atoms with Gasteiger partial charge in [0.15, 0.2) is 0 Å². The van der Waals surface area contributed by atoms with E-state index in [1.165, 1.54) is 0 Å². The molecule has 0 radical (unpaired) electrons. The number of hydrogen-bond donors (Lipinski definition) is 0. The zero-order valence-corrected chi connectivity index (χ0v) is 9.78. The molecule has 1 aromatic carbocycles. The molecule has 3 nitrogen and oxygen atoms in total. The van der Waals surface area contributed by atoms with Crippen LogP contribution in [0.5, 0.6) is 0 Å². The molecular weight excluding hydrogens is 224 g/mol. The SMILES string of the molecule is O=c1ccc2ccccc2n1Cc1ccccn1. The first kappa shape index (κ1) is 10.7. The molecule has 0 saturated heterocycles. The summed E-state index contributed by atoms with van der Waals surface area (Å²) in [6.07, 6.45) is 1.74. The molecule has 2 aromatic heterocycles. The van der Waals surface area contributed by atoms with Crippen molar-refractivity contribution in [1.82, 2.24) is 9.55 Å². The fourth-order valence-corrected chi connectivity index (χ4v) is 2.06. The third-order valence-electron chi connectivity index (χ3n) is 2.95. The highest BCUT2D eigenvalue weighted by molar-refractivity contribution is 5.78. The van der Waals surface area contributed by atoms with Crippen molar-refractivity contribution in [3.8, 4) is 0 Å². The van der Waals surface area contributed by atoms with Crippen molar-refractivity contribution in [3.63, 3.8) is 0 Å². The maximum Gasteiger partial charge on any atom is 0.251 e. The molecule has 0 aliphatic rings. The molecule has 0 bridgehead atoms. The van der Waals surface area contributed by atoms with E-state index >= 15 is 0 Å². The lowest BCUT2D eigenvalue weighted by Crippen LogP contribution is -2.20. The molecule has 0 atom stereocenters. The van der Waals surface area contributed by atoms with Gasteiger partial charge in [-0.25, -0.2) is 0 Å². The Bertz CT molecular complexity index is 732. The van der Waals surface area contributed by atoms with E-state index in [-0.39, 0.29) is 5.56 Å². The molecule has 0 N–H and O–H groups in total. The number of rotatable bonds is 2. The monoisotopic (exact) mass is 236 g/mol. The van der Waals surface area contributed by atoms with Gasteiger partial charge in [-0.15, -0.1) is 0 Å². The lowest BCUT2D eigenvalue weighted by Gasteiger charge is -2.09. The van der Waals surface area contributed by atoms with Gasteiger partial charge in [0, 0.05) is 12.3 Å². The Balaban J connectivity index is 2.16. The summed E-state index contributed by atoms with van der Waals surface area (Å²) in [5.41, 5.74) is 1.82. The first-order valence-electron chi connectivity index (χ1n) is 5.83. The van der Waals surface area contributed by atoms with Crippen molar-refractivity contribution >= 4 is 10.9 Å². The largest absolute Gasteiger partial charge is 0.302 e. The predicted octanol–water partition coefficient (Wildman–Crippen LogP) is 2.44. The minimum absolute atomic E-state index is 0.000599. The van der Waals surface area contributed by atoms with Crippen LogP contribution in [0.1, 0.15) is 5.69 Å². The van der Waals surface area contributed by atoms with E-state index in [0.717, 1.165) is 16.6 Å². The van der Waals surface area contributed by atoms with Crippen LogP contribution in [0.25, 0.3) is 10.9 Å². The third-order valence-corrected chi connectivity index (χ3v) is 2.95. The molecule has 88 valence electrons. The average Bonchev–Trinajstić information content (AvgIpc) is 2.43. The van der Waals surface area contributed by atoms with E-state index in [0.29, 0.717) is 6.54 Å². The van der Waals surface area contributed by atoms with Crippen molar-refractivity contribution in [2.45, 2.75) is 6.54 Å². The van der Waals surface area contributed by atoms with Gasteiger partial charge in [-0.05, 0) is 29.7 Å². The summed E-state index contributed by atoms with van der Waals surface area (Å²) in [6.45, 7) is 0.501. The van der Waals surface area contributed by atoms with Crippen LogP contribution in [-0.2, 0) is 6.54 Å². The molecule has 3 heteroatoms. The maximum atomic E-state index is 12.0. The lowest BCUT2D eigenvalue weighted by atomic mass is 10.2. The van der Waals surface area contributed by atoms with E-state index in [9.17, 15) is 4.79 Å². The van der Waals surface area contributed by atoms with E-state index < -0.39 is 0 Å². The first-order valence-corrected chi connectivity index (χ1v) is 5.83. The molecule has 0 spiro atoms. The number of hydrogen-bond acceptors (Lipinski definition) is 2. The van der Waals surface area contributed by atoms with Gasteiger partial charge in [0.05, 0.1) is 17.8 Å². The Morgan fingerprint density at radius 3 is 2.61 bits per heavy atom. The molecule has 3 rings (SSSR count). The predicted molar refractivity (Wildman–Crippen MR) is 71.5 cm³/mol. The van der Waals surface area contributed by atoms with E-state index in [2.05, 4.69) is 4.98 Å². The highest BCUT2D eigenvalue weighted by Gasteiger charge is 2.03. The summed E-state index contributed by atoms with van der Waals surface area (Å²) in [4.78, 5) is 16.2. The molecule has 18 heavy (non-hydrogen) atoms. The number of pyridine rings is 2. The normalized spacial score (nSPS) is 10.7. The molecule has 0 aliphatic carbocycles. The van der Waals surface area contributed by atoms with Gasteiger partial charge >= 0.3 is 0 Å². The van der Waals surface area contributed by atoms with Crippen LogP contribution < -0.4 is 5.56 Å². The molecule has 2 heterocycles. The standard InChI is InChI=1S/C15H12N2O/c18-15-9-8-12-5-1-2-7-14(12)17(15)11-13-6-3-4-10-16-13/h1-10H,11H2. The second kappa shape index (κ2) is 4.45. The Labute approximate surface area is 104 Å². The van der Waals surface area contributed by atoms with Crippen LogP contribution in [0, 0.1) is 0 Å². The number of benzene rings is 1. The van der Waals surface area contributed by atoms with Gasteiger partial charge in [0.2, 0.25) is 0 Å². The maximum absolute atomic E-state index is 12.0. The van der Waals surface area contributed by atoms with Crippen molar-refractivity contribution in [2.24, 2.45) is 0 Å². The van der Waals surface area contributed by atoms with Crippen molar-refractivity contribution in [1.29, 1.82) is 0 Å². The molecule has 3 aromatic rings.